The van der Waals surface area contributed by atoms with Crippen molar-refractivity contribution in [1.82, 2.24) is 29.2 Å². The predicted molar refractivity (Wildman–Crippen MR) is 147 cm³/mol. The van der Waals surface area contributed by atoms with Crippen molar-refractivity contribution >= 4 is 17.8 Å². The number of fused-ring (bicyclic) bond motifs is 1. The number of hydrogen-bond acceptors (Lipinski definition) is 7. The molecular formula is C28H36N8O. The van der Waals surface area contributed by atoms with E-state index in [0.29, 0.717) is 12.1 Å². The fraction of sp³-hybridized carbons (Fsp3) is 0.429. The molecule has 9 heteroatoms. The van der Waals surface area contributed by atoms with Crippen LogP contribution in [0.1, 0.15) is 38.8 Å². The van der Waals surface area contributed by atoms with Crippen molar-refractivity contribution in [2.75, 3.05) is 32.7 Å². The van der Waals surface area contributed by atoms with Gasteiger partial charge in [0.05, 0.1) is 29.6 Å². The molecule has 1 aliphatic rings. The van der Waals surface area contributed by atoms with Crippen molar-refractivity contribution in [3.63, 3.8) is 0 Å². The number of nitrogens with zero attached hydrogens (tertiary/aromatic N) is 8. The van der Waals surface area contributed by atoms with Crippen LogP contribution in [0.25, 0.3) is 22.2 Å². The number of aliphatic hydroxyl groups is 1. The summed E-state index contributed by atoms with van der Waals surface area (Å²) in [7, 11) is 1.89. The zero-order valence-corrected chi connectivity index (χ0v) is 22.4. The molecule has 0 saturated carbocycles. The first-order chi connectivity index (χ1) is 17.6. The Morgan fingerprint density at radius 2 is 1.89 bits per heavy atom. The van der Waals surface area contributed by atoms with Crippen LogP contribution in [0.2, 0.25) is 0 Å². The molecular weight excluding hydrogens is 464 g/mol. The van der Waals surface area contributed by atoms with Gasteiger partial charge in [-0.3, -0.25) is 9.58 Å². The average molecular weight is 501 g/mol. The van der Waals surface area contributed by atoms with E-state index in [1.54, 1.807) is 15.4 Å². The van der Waals surface area contributed by atoms with Crippen LogP contribution >= 0.6 is 0 Å². The molecule has 4 heterocycles. The minimum absolute atomic E-state index is 0.131. The number of aromatic nitrogens is 4. The van der Waals surface area contributed by atoms with E-state index in [-0.39, 0.29) is 11.5 Å². The summed E-state index contributed by atoms with van der Waals surface area (Å²) in [4.78, 5) is 8.82. The molecule has 3 aromatic rings. The molecule has 0 bridgehead atoms. The van der Waals surface area contributed by atoms with Crippen LogP contribution in [0, 0.1) is 16.7 Å². The van der Waals surface area contributed by atoms with E-state index in [9.17, 15) is 10.4 Å². The number of aliphatic hydroxyl groups excluding tert-OH is 1. The molecule has 0 radical (unpaired) electrons. The lowest BCUT2D eigenvalue weighted by Crippen LogP contribution is -2.49. The van der Waals surface area contributed by atoms with Gasteiger partial charge >= 0.3 is 0 Å². The molecule has 1 unspecified atom stereocenters. The number of nitriles is 1. The summed E-state index contributed by atoms with van der Waals surface area (Å²) in [6.07, 6.45) is 10.9. The van der Waals surface area contributed by atoms with Gasteiger partial charge in [-0.15, -0.1) is 0 Å². The highest BCUT2D eigenvalue weighted by molar-refractivity contribution is 5.84. The first-order valence-corrected chi connectivity index (χ1v) is 12.5. The van der Waals surface area contributed by atoms with Crippen molar-refractivity contribution in [3.8, 4) is 17.2 Å². The largest absolute Gasteiger partial charge is 0.391 e. The van der Waals surface area contributed by atoms with Gasteiger partial charge in [0.1, 0.15) is 11.9 Å². The van der Waals surface area contributed by atoms with Gasteiger partial charge in [-0.1, -0.05) is 26.8 Å². The summed E-state index contributed by atoms with van der Waals surface area (Å²) in [5.74, 6) is 0.809. The van der Waals surface area contributed by atoms with Crippen LogP contribution in [-0.4, -0.2) is 79.8 Å². The SMILES string of the molecule is C=N/C(=C\C=C(/C)c1cc(-c2cnn(C)c2)cn2ncc(C#N)c12)N1CCN(CC(O)C(C)(C)C)CC1. The molecule has 9 nitrogen and oxygen atoms in total. The Morgan fingerprint density at radius 1 is 1.16 bits per heavy atom. The average Bonchev–Trinajstić information content (AvgIpc) is 3.49. The second-order valence-corrected chi connectivity index (χ2v) is 10.7. The van der Waals surface area contributed by atoms with Crippen molar-refractivity contribution in [1.29, 1.82) is 5.26 Å². The lowest BCUT2D eigenvalue weighted by atomic mass is 9.89. The maximum atomic E-state index is 10.5. The highest BCUT2D eigenvalue weighted by Gasteiger charge is 2.26. The van der Waals surface area contributed by atoms with Gasteiger partial charge in [-0.05, 0) is 36.8 Å². The number of piperazine rings is 1. The molecule has 1 fully saturated rings. The molecule has 4 rings (SSSR count). The summed E-state index contributed by atoms with van der Waals surface area (Å²) >= 11 is 0. The second kappa shape index (κ2) is 10.7. The Bertz CT molecular complexity index is 1370. The summed E-state index contributed by atoms with van der Waals surface area (Å²) in [5.41, 5.74) is 5.03. The molecule has 37 heavy (non-hydrogen) atoms. The van der Waals surface area contributed by atoms with Gasteiger partial charge in [0.15, 0.2) is 0 Å². The van der Waals surface area contributed by atoms with Crippen molar-refractivity contribution in [3.05, 3.63) is 60.0 Å². The smallest absolute Gasteiger partial charge is 0.127 e. The molecule has 1 N–H and O–H groups in total. The minimum Gasteiger partial charge on any atom is -0.391 e. The zero-order valence-electron chi connectivity index (χ0n) is 22.4. The third-order valence-corrected chi connectivity index (χ3v) is 6.97. The number of aryl methyl sites for hydroxylation is 1. The van der Waals surface area contributed by atoms with Gasteiger partial charge in [-0.2, -0.15) is 15.5 Å². The first kappa shape index (κ1) is 26.3. The van der Waals surface area contributed by atoms with Crippen LogP contribution in [0.3, 0.4) is 0 Å². The molecule has 194 valence electrons. The maximum Gasteiger partial charge on any atom is 0.127 e. The first-order valence-electron chi connectivity index (χ1n) is 12.5. The standard InChI is InChI=1S/C28H36N8O/c1-20(7-8-26(30-5)35-11-9-34(10-12-35)19-25(37)28(2,3)4)24-13-21(23-16-31-33(6)17-23)18-36-27(24)22(14-29)15-32-36/h7-8,13,15-18,25,37H,5,9-12,19H2,1-4,6H3/b20-7+,26-8+. The highest BCUT2D eigenvalue weighted by Crippen LogP contribution is 2.29. The van der Waals surface area contributed by atoms with Gasteiger partial charge in [0.2, 0.25) is 0 Å². The predicted octanol–water partition coefficient (Wildman–Crippen LogP) is 3.58. The van der Waals surface area contributed by atoms with E-state index >= 15 is 0 Å². The molecule has 0 aliphatic carbocycles. The second-order valence-electron chi connectivity index (χ2n) is 10.7. The monoisotopic (exact) mass is 500 g/mol. The number of β-amino-alcohol motifs (C(OH)–C–C–N with tert-alkyl or cyclic N) is 1. The highest BCUT2D eigenvalue weighted by atomic mass is 16.3. The third kappa shape index (κ3) is 5.82. The molecule has 3 aromatic heterocycles. The van der Waals surface area contributed by atoms with Gasteiger partial charge in [-0.25, -0.2) is 9.51 Å². The van der Waals surface area contributed by atoms with Crippen LogP contribution in [0.4, 0.5) is 0 Å². The normalized spacial score (nSPS) is 16.7. The summed E-state index contributed by atoms with van der Waals surface area (Å²) in [6, 6.07) is 4.34. The van der Waals surface area contributed by atoms with E-state index in [4.69, 9.17) is 0 Å². The van der Waals surface area contributed by atoms with E-state index < -0.39 is 0 Å². The Labute approximate surface area is 218 Å². The van der Waals surface area contributed by atoms with E-state index in [1.807, 2.05) is 44.7 Å². The van der Waals surface area contributed by atoms with Crippen LogP contribution in [0.15, 0.2) is 53.8 Å². The molecule has 1 saturated heterocycles. The summed E-state index contributed by atoms with van der Waals surface area (Å²) < 4.78 is 3.52. The Morgan fingerprint density at radius 3 is 2.49 bits per heavy atom. The van der Waals surface area contributed by atoms with Crippen molar-refractivity contribution in [2.45, 2.75) is 33.8 Å². The van der Waals surface area contributed by atoms with Crippen LogP contribution in [-0.2, 0) is 7.05 Å². The lowest BCUT2D eigenvalue weighted by molar-refractivity contribution is 0.0168. The van der Waals surface area contributed by atoms with Gasteiger partial charge < -0.3 is 10.0 Å². The van der Waals surface area contributed by atoms with Gasteiger partial charge in [0.25, 0.3) is 0 Å². The third-order valence-electron chi connectivity index (χ3n) is 6.97. The lowest BCUT2D eigenvalue weighted by Gasteiger charge is -2.38. The van der Waals surface area contributed by atoms with Crippen molar-refractivity contribution < 1.29 is 5.11 Å². The molecule has 0 amide bonds. The molecule has 1 aliphatic heterocycles. The molecule has 1 atom stereocenters. The van der Waals surface area contributed by atoms with Crippen LogP contribution in [0.5, 0.6) is 0 Å². The number of aliphatic imine (C=N–C) groups is 1. The fourth-order valence-electron chi connectivity index (χ4n) is 4.46. The summed E-state index contributed by atoms with van der Waals surface area (Å²) in [6.45, 7) is 16.0. The zero-order chi connectivity index (χ0) is 26.7. The molecule has 0 spiro atoms. The van der Waals surface area contributed by atoms with E-state index in [2.05, 4.69) is 64.6 Å². The topological polar surface area (TPSA) is 98.0 Å². The number of rotatable bonds is 7. The fourth-order valence-corrected chi connectivity index (χ4v) is 4.46. The van der Waals surface area contributed by atoms with E-state index in [1.165, 1.54) is 0 Å². The maximum absolute atomic E-state index is 10.5. The Kier molecular flexibility index (Phi) is 7.62. The van der Waals surface area contributed by atoms with Gasteiger partial charge in [0, 0.05) is 68.9 Å². The Hall–Kier alpha value is -3.74. The molecule has 0 aromatic carbocycles. The number of hydrogen-bond donors (Lipinski definition) is 1. The minimum atomic E-state index is -0.363. The summed E-state index contributed by atoms with van der Waals surface area (Å²) in [5, 5.41) is 28.8. The van der Waals surface area contributed by atoms with Crippen LogP contribution < -0.4 is 0 Å². The quantitative estimate of drug-likeness (QED) is 0.393. The van der Waals surface area contributed by atoms with Crippen molar-refractivity contribution in [2.24, 2.45) is 17.5 Å². The number of pyridine rings is 1. The van der Waals surface area contributed by atoms with E-state index in [0.717, 1.165) is 59.8 Å². The number of allylic oxidation sites excluding steroid dienone is 3. The Balaban J connectivity index is 1.58.